The third-order valence-corrected chi connectivity index (χ3v) is 2.62. The summed E-state index contributed by atoms with van der Waals surface area (Å²) in [5.74, 6) is -1.03. The van der Waals surface area contributed by atoms with Crippen molar-refractivity contribution in [3.63, 3.8) is 0 Å². The zero-order valence-corrected chi connectivity index (χ0v) is 9.50. The maximum absolute atomic E-state index is 11.6. The van der Waals surface area contributed by atoms with E-state index in [1.54, 1.807) is 36.4 Å². The summed E-state index contributed by atoms with van der Waals surface area (Å²) in [6.07, 6.45) is 0. The molecule has 0 amide bonds. The van der Waals surface area contributed by atoms with Crippen molar-refractivity contribution in [3.05, 3.63) is 48.0 Å². The maximum Gasteiger partial charge on any atom is 0.527 e. The van der Waals surface area contributed by atoms with Crippen LogP contribution in [0.15, 0.2) is 42.5 Å². The minimum absolute atomic E-state index is 0.131. The molecule has 2 aromatic carbocycles. The van der Waals surface area contributed by atoms with Crippen LogP contribution in [0.3, 0.4) is 0 Å². The van der Waals surface area contributed by atoms with E-state index in [2.05, 4.69) is 4.52 Å². The van der Waals surface area contributed by atoms with Gasteiger partial charge in [-0.25, -0.2) is 9.36 Å². The lowest BCUT2D eigenvalue weighted by Crippen LogP contribution is -2.03. The molecule has 0 atom stereocenters. The van der Waals surface area contributed by atoms with Gasteiger partial charge < -0.3 is 4.52 Å². The molecule has 0 aliphatic carbocycles. The van der Waals surface area contributed by atoms with Crippen LogP contribution in [0.2, 0.25) is 0 Å². The zero-order valence-electron chi connectivity index (χ0n) is 8.61. The monoisotopic (exact) mass is 252 g/mol. The van der Waals surface area contributed by atoms with Crippen LogP contribution in [0.5, 0.6) is 0 Å². The first-order chi connectivity index (χ1) is 7.97. The van der Waals surface area contributed by atoms with Crippen LogP contribution < -0.4 is 0 Å². The van der Waals surface area contributed by atoms with E-state index >= 15 is 0 Å². The average molecular weight is 252 g/mol. The Morgan fingerprint density at radius 1 is 1.06 bits per heavy atom. The molecule has 0 aliphatic rings. The summed E-state index contributed by atoms with van der Waals surface area (Å²) in [5, 5.41) is 1.39. The van der Waals surface area contributed by atoms with E-state index in [0.717, 1.165) is 5.39 Å². The highest BCUT2D eigenvalue weighted by molar-refractivity contribution is 7.46. The Morgan fingerprint density at radius 3 is 2.41 bits per heavy atom. The van der Waals surface area contributed by atoms with Crippen LogP contribution in [0.4, 0.5) is 0 Å². The van der Waals surface area contributed by atoms with E-state index in [-0.39, 0.29) is 5.56 Å². The molecule has 17 heavy (non-hydrogen) atoms. The molecule has 0 bridgehead atoms. The highest BCUT2D eigenvalue weighted by Gasteiger charge is 2.22. The summed E-state index contributed by atoms with van der Waals surface area (Å²) in [5.41, 5.74) is 0.131. The SMILES string of the molecule is O=C(OP(=O)(O)O)c1cccc2ccccc12. The Kier molecular flexibility index (Phi) is 2.98. The molecule has 0 radical (unpaired) electrons. The number of phosphoric acid groups is 1. The van der Waals surface area contributed by atoms with Gasteiger partial charge in [-0.3, -0.25) is 9.79 Å². The molecule has 0 aliphatic heterocycles. The van der Waals surface area contributed by atoms with Crippen molar-refractivity contribution in [2.75, 3.05) is 0 Å². The van der Waals surface area contributed by atoms with Gasteiger partial charge in [0.2, 0.25) is 0 Å². The number of carbonyl (C=O) groups excluding carboxylic acids is 1. The van der Waals surface area contributed by atoms with Gasteiger partial charge >= 0.3 is 13.8 Å². The first-order valence-corrected chi connectivity index (χ1v) is 6.28. The summed E-state index contributed by atoms with van der Waals surface area (Å²) in [6.45, 7) is 0. The fourth-order valence-electron chi connectivity index (χ4n) is 1.56. The standard InChI is InChI=1S/C11H9O5P/c12-11(16-17(13,14)15)10-7-3-5-8-4-1-2-6-9(8)10/h1-7H,(H2,13,14,15). The van der Waals surface area contributed by atoms with Crippen molar-refractivity contribution in [2.45, 2.75) is 0 Å². The summed E-state index contributed by atoms with van der Waals surface area (Å²) < 4.78 is 14.7. The fourth-order valence-corrected chi connectivity index (χ4v) is 1.87. The van der Waals surface area contributed by atoms with Gasteiger partial charge in [0.25, 0.3) is 0 Å². The lowest BCUT2D eigenvalue weighted by Gasteiger charge is -2.07. The molecular formula is C11H9O5P. The van der Waals surface area contributed by atoms with E-state index in [0.29, 0.717) is 5.39 Å². The van der Waals surface area contributed by atoms with E-state index in [1.807, 2.05) is 0 Å². The molecule has 6 heteroatoms. The van der Waals surface area contributed by atoms with Gasteiger partial charge in [0.15, 0.2) is 0 Å². The first-order valence-electron chi connectivity index (χ1n) is 4.74. The third-order valence-electron chi connectivity index (χ3n) is 2.21. The Labute approximate surface area is 96.9 Å². The van der Waals surface area contributed by atoms with Crippen molar-refractivity contribution in [1.82, 2.24) is 0 Å². The maximum atomic E-state index is 11.6. The van der Waals surface area contributed by atoms with Crippen molar-refractivity contribution in [3.8, 4) is 0 Å². The second kappa shape index (κ2) is 4.30. The van der Waals surface area contributed by atoms with E-state index in [1.165, 1.54) is 6.07 Å². The molecular weight excluding hydrogens is 243 g/mol. The van der Waals surface area contributed by atoms with Gasteiger partial charge in [-0.2, -0.15) is 0 Å². The van der Waals surface area contributed by atoms with Gasteiger partial charge in [-0.15, -0.1) is 0 Å². The fraction of sp³-hybridized carbons (Fsp3) is 0. The molecule has 0 heterocycles. The summed E-state index contributed by atoms with van der Waals surface area (Å²) in [4.78, 5) is 28.7. The van der Waals surface area contributed by atoms with Crippen molar-refractivity contribution in [2.24, 2.45) is 0 Å². The number of benzene rings is 2. The predicted octanol–water partition coefficient (Wildman–Crippen LogP) is 2.09. The van der Waals surface area contributed by atoms with E-state index < -0.39 is 13.8 Å². The Hall–Kier alpha value is -1.68. The average Bonchev–Trinajstić information content (AvgIpc) is 2.26. The first kappa shape index (κ1) is 11.8. The van der Waals surface area contributed by atoms with Gasteiger partial charge in [0.05, 0.1) is 5.56 Å². The molecule has 0 aromatic heterocycles. The molecule has 0 fully saturated rings. The Balaban J connectivity index is 2.49. The number of phosphoric ester groups is 1. The molecule has 2 rings (SSSR count). The molecule has 2 aromatic rings. The summed E-state index contributed by atoms with van der Waals surface area (Å²) >= 11 is 0. The lowest BCUT2D eigenvalue weighted by molar-refractivity contribution is 0.0680. The summed E-state index contributed by atoms with van der Waals surface area (Å²) in [7, 11) is -4.81. The molecule has 0 unspecified atom stereocenters. The number of hydrogen-bond donors (Lipinski definition) is 2. The van der Waals surface area contributed by atoms with Crippen LogP contribution in [0.25, 0.3) is 10.8 Å². The topological polar surface area (TPSA) is 83.8 Å². The van der Waals surface area contributed by atoms with Gasteiger partial charge in [0, 0.05) is 0 Å². The van der Waals surface area contributed by atoms with Crippen molar-refractivity contribution in [1.29, 1.82) is 0 Å². The largest absolute Gasteiger partial charge is 0.527 e. The zero-order chi connectivity index (χ0) is 12.5. The minimum atomic E-state index is -4.81. The Morgan fingerprint density at radius 2 is 1.71 bits per heavy atom. The van der Waals surface area contributed by atoms with Crippen molar-refractivity contribution < 1.29 is 23.7 Å². The third kappa shape index (κ3) is 2.71. The van der Waals surface area contributed by atoms with Crippen molar-refractivity contribution >= 4 is 24.6 Å². The van der Waals surface area contributed by atoms with Gasteiger partial charge in [-0.05, 0) is 16.8 Å². The number of rotatable bonds is 2. The molecule has 5 nitrogen and oxygen atoms in total. The summed E-state index contributed by atoms with van der Waals surface area (Å²) in [6, 6.07) is 11.9. The predicted molar refractivity (Wildman–Crippen MR) is 61.4 cm³/mol. The van der Waals surface area contributed by atoms with E-state index in [9.17, 15) is 9.36 Å². The quantitative estimate of drug-likeness (QED) is 0.799. The molecule has 0 spiro atoms. The Bertz CT molecular complexity index is 611. The van der Waals surface area contributed by atoms with Crippen LogP contribution in [0, 0.1) is 0 Å². The molecule has 0 saturated heterocycles. The van der Waals surface area contributed by atoms with Crippen LogP contribution in [-0.2, 0) is 9.09 Å². The number of fused-ring (bicyclic) bond motifs is 1. The molecule has 88 valence electrons. The van der Waals surface area contributed by atoms with Crippen LogP contribution >= 0.6 is 7.82 Å². The van der Waals surface area contributed by atoms with Crippen LogP contribution in [0.1, 0.15) is 10.4 Å². The number of carbonyl (C=O) groups is 1. The smallest absolute Gasteiger partial charge is 0.367 e. The highest BCUT2D eigenvalue weighted by atomic mass is 31.2. The van der Waals surface area contributed by atoms with Gasteiger partial charge in [0.1, 0.15) is 0 Å². The number of hydrogen-bond acceptors (Lipinski definition) is 3. The minimum Gasteiger partial charge on any atom is -0.367 e. The van der Waals surface area contributed by atoms with Crippen LogP contribution in [-0.4, -0.2) is 15.8 Å². The second-order valence-electron chi connectivity index (χ2n) is 3.40. The van der Waals surface area contributed by atoms with E-state index in [4.69, 9.17) is 9.79 Å². The molecule has 0 saturated carbocycles. The second-order valence-corrected chi connectivity index (χ2v) is 4.56. The molecule has 2 N–H and O–H groups in total. The highest BCUT2D eigenvalue weighted by Crippen LogP contribution is 2.37. The normalized spacial score (nSPS) is 11.4. The van der Waals surface area contributed by atoms with Gasteiger partial charge in [-0.1, -0.05) is 36.4 Å². The lowest BCUT2D eigenvalue weighted by atomic mass is 10.1.